The highest BCUT2D eigenvalue weighted by Gasteiger charge is 2.25. The Morgan fingerprint density at radius 1 is 1.44 bits per heavy atom. The average Bonchev–Trinajstić information content (AvgIpc) is 2.89. The van der Waals surface area contributed by atoms with Crippen molar-refractivity contribution in [1.29, 1.82) is 0 Å². The number of likely N-dealkylation sites (tertiary alicyclic amines) is 1. The standard InChI is InChI=1S/C19H22ClN3O2/c1-12-11-23(19(24)21-18-13(2)14(3)25-22-18)8-7-16(12)9-15-5-4-6-17(20)10-15/h4-6,9-10,12H,7-8,11H2,1-3H3,(H,21,22,24). The molecule has 0 spiro atoms. The van der Waals surface area contributed by atoms with Crippen LogP contribution in [0, 0.1) is 19.8 Å². The molecule has 132 valence electrons. The summed E-state index contributed by atoms with van der Waals surface area (Å²) in [6, 6.07) is 7.68. The summed E-state index contributed by atoms with van der Waals surface area (Å²) in [5.41, 5.74) is 3.29. The molecule has 2 heterocycles. The van der Waals surface area contributed by atoms with E-state index in [-0.39, 0.29) is 6.03 Å². The first kappa shape index (κ1) is 17.5. The predicted octanol–water partition coefficient (Wildman–Crippen LogP) is 4.90. The molecule has 1 aromatic heterocycles. The van der Waals surface area contributed by atoms with Crippen LogP contribution in [-0.2, 0) is 0 Å². The number of nitrogens with one attached hydrogen (secondary N) is 1. The highest BCUT2D eigenvalue weighted by Crippen LogP contribution is 2.26. The topological polar surface area (TPSA) is 58.4 Å². The lowest BCUT2D eigenvalue weighted by molar-refractivity contribution is 0.197. The van der Waals surface area contributed by atoms with E-state index in [0.29, 0.717) is 30.6 Å². The normalized spacial score (nSPS) is 19.3. The number of hydrogen-bond acceptors (Lipinski definition) is 3. The van der Waals surface area contributed by atoms with Crippen molar-refractivity contribution in [2.24, 2.45) is 5.92 Å². The number of carbonyl (C=O) groups excluding carboxylic acids is 1. The molecular formula is C19H22ClN3O2. The van der Waals surface area contributed by atoms with Gasteiger partial charge in [-0.2, -0.15) is 0 Å². The van der Waals surface area contributed by atoms with Gasteiger partial charge in [0.2, 0.25) is 0 Å². The Bertz CT molecular complexity index is 813. The molecule has 2 aromatic rings. The van der Waals surface area contributed by atoms with Gasteiger partial charge in [-0.25, -0.2) is 4.79 Å². The summed E-state index contributed by atoms with van der Waals surface area (Å²) in [6.07, 6.45) is 3.02. The maximum Gasteiger partial charge on any atom is 0.323 e. The molecule has 0 saturated carbocycles. The fraction of sp³-hybridized carbons (Fsp3) is 0.368. The van der Waals surface area contributed by atoms with Crippen molar-refractivity contribution in [1.82, 2.24) is 10.1 Å². The van der Waals surface area contributed by atoms with E-state index < -0.39 is 0 Å². The number of aryl methyl sites for hydroxylation is 1. The molecule has 5 nitrogen and oxygen atoms in total. The predicted molar refractivity (Wildman–Crippen MR) is 99.8 cm³/mol. The second kappa shape index (κ2) is 7.31. The van der Waals surface area contributed by atoms with Crippen molar-refractivity contribution in [3.8, 4) is 0 Å². The van der Waals surface area contributed by atoms with Gasteiger partial charge < -0.3 is 9.42 Å². The largest absolute Gasteiger partial charge is 0.359 e. The number of aromatic nitrogens is 1. The molecule has 2 amide bonds. The van der Waals surface area contributed by atoms with Crippen molar-refractivity contribution in [3.63, 3.8) is 0 Å². The summed E-state index contributed by atoms with van der Waals surface area (Å²) >= 11 is 6.05. The fourth-order valence-corrected chi connectivity index (χ4v) is 3.17. The van der Waals surface area contributed by atoms with Crippen LogP contribution in [0.2, 0.25) is 5.02 Å². The molecule has 3 rings (SSSR count). The molecule has 1 aromatic carbocycles. The van der Waals surface area contributed by atoms with Gasteiger partial charge in [0.1, 0.15) is 5.76 Å². The number of nitrogens with zero attached hydrogens (tertiary/aromatic N) is 2. The first-order valence-corrected chi connectivity index (χ1v) is 8.76. The molecule has 1 aliphatic rings. The minimum absolute atomic E-state index is 0.134. The lowest BCUT2D eigenvalue weighted by Gasteiger charge is -2.33. The van der Waals surface area contributed by atoms with E-state index in [1.807, 2.05) is 43.0 Å². The third-order valence-electron chi connectivity index (χ3n) is 4.67. The third kappa shape index (κ3) is 4.04. The molecule has 25 heavy (non-hydrogen) atoms. The second-order valence-electron chi connectivity index (χ2n) is 6.51. The maximum atomic E-state index is 12.5. The van der Waals surface area contributed by atoms with Crippen molar-refractivity contribution >= 4 is 29.5 Å². The van der Waals surface area contributed by atoms with Crippen molar-refractivity contribution in [3.05, 3.63) is 51.7 Å². The Kier molecular flexibility index (Phi) is 5.13. The Hall–Kier alpha value is -2.27. The quantitative estimate of drug-likeness (QED) is 0.829. The third-order valence-corrected chi connectivity index (χ3v) is 4.90. The van der Waals surface area contributed by atoms with E-state index in [4.69, 9.17) is 16.1 Å². The number of urea groups is 1. The second-order valence-corrected chi connectivity index (χ2v) is 6.95. The number of anilines is 1. The summed E-state index contributed by atoms with van der Waals surface area (Å²) in [4.78, 5) is 14.3. The summed E-state index contributed by atoms with van der Waals surface area (Å²) in [5.74, 6) is 1.50. The van der Waals surface area contributed by atoms with Crippen LogP contribution in [0.25, 0.3) is 6.08 Å². The van der Waals surface area contributed by atoms with Gasteiger partial charge in [0, 0.05) is 23.7 Å². The van der Waals surface area contributed by atoms with Crippen LogP contribution in [-0.4, -0.2) is 29.2 Å². The molecule has 1 unspecified atom stereocenters. The molecule has 0 bridgehead atoms. The lowest BCUT2D eigenvalue weighted by atomic mass is 9.91. The molecule has 1 fully saturated rings. The molecular weight excluding hydrogens is 338 g/mol. The highest BCUT2D eigenvalue weighted by atomic mass is 35.5. The zero-order valence-corrected chi connectivity index (χ0v) is 15.4. The van der Waals surface area contributed by atoms with E-state index in [1.165, 1.54) is 5.57 Å². The number of carbonyl (C=O) groups is 1. The van der Waals surface area contributed by atoms with Gasteiger partial charge >= 0.3 is 6.03 Å². The number of amides is 2. The highest BCUT2D eigenvalue weighted by molar-refractivity contribution is 6.30. The van der Waals surface area contributed by atoms with Gasteiger partial charge in [0.05, 0.1) is 0 Å². The van der Waals surface area contributed by atoms with Gasteiger partial charge in [-0.15, -0.1) is 0 Å². The Labute approximate surface area is 152 Å². The monoisotopic (exact) mass is 359 g/mol. The molecule has 0 radical (unpaired) electrons. The average molecular weight is 360 g/mol. The van der Waals surface area contributed by atoms with Crippen LogP contribution >= 0.6 is 11.6 Å². The van der Waals surface area contributed by atoms with E-state index in [1.54, 1.807) is 0 Å². The summed E-state index contributed by atoms with van der Waals surface area (Å²) in [5, 5.41) is 7.46. The van der Waals surface area contributed by atoms with Crippen LogP contribution in [0.1, 0.15) is 30.2 Å². The van der Waals surface area contributed by atoms with E-state index >= 15 is 0 Å². The van der Waals surface area contributed by atoms with E-state index in [0.717, 1.165) is 22.6 Å². The molecule has 1 atom stereocenters. The lowest BCUT2D eigenvalue weighted by Crippen LogP contribution is -2.42. The minimum atomic E-state index is -0.134. The van der Waals surface area contributed by atoms with Crippen LogP contribution < -0.4 is 5.32 Å². The number of piperidine rings is 1. The van der Waals surface area contributed by atoms with Gasteiger partial charge in [0.15, 0.2) is 5.82 Å². The van der Waals surface area contributed by atoms with Crippen LogP contribution in [0.4, 0.5) is 10.6 Å². The molecule has 1 aliphatic heterocycles. The first-order chi connectivity index (χ1) is 11.9. The smallest absolute Gasteiger partial charge is 0.323 e. The number of benzene rings is 1. The summed E-state index contributed by atoms with van der Waals surface area (Å²) in [7, 11) is 0. The van der Waals surface area contributed by atoms with Gasteiger partial charge in [-0.1, -0.05) is 47.5 Å². The van der Waals surface area contributed by atoms with Crippen LogP contribution in [0.3, 0.4) is 0 Å². The fourth-order valence-electron chi connectivity index (χ4n) is 2.97. The number of hydrogen-bond donors (Lipinski definition) is 1. The van der Waals surface area contributed by atoms with Gasteiger partial charge in [-0.3, -0.25) is 5.32 Å². The maximum absolute atomic E-state index is 12.5. The molecule has 1 N–H and O–H groups in total. The summed E-state index contributed by atoms with van der Waals surface area (Å²) in [6.45, 7) is 7.20. The number of halogens is 1. The van der Waals surface area contributed by atoms with E-state index in [2.05, 4.69) is 23.5 Å². The van der Waals surface area contributed by atoms with Crippen molar-refractivity contribution < 1.29 is 9.32 Å². The summed E-state index contributed by atoms with van der Waals surface area (Å²) < 4.78 is 5.09. The van der Waals surface area contributed by atoms with E-state index in [9.17, 15) is 4.79 Å². The van der Waals surface area contributed by atoms with Crippen LogP contribution in [0.15, 0.2) is 34.4 Å². The molecule has 0 aliphatic carbocycles. The Morgan fingerprint density at radius 2 is 2.24 bits per heavy atom. The molecule has 6 heteroatoms. The van der Waals surface area contributed by atoms with Gasteiger partial charge in [-0.05, 0) is 43.9 Å². The van der Waals surface area contributed by atoms with Crippen molar-refractivity contribution in [2.45, 2.75) is 27.2 Å². The minimum Gasteiger partial charge on any atom is -0.359 e. The first-order valence-electron chi connectivity index (χ1n) is 8.39. The Balaban J connectivity index is 1.65. The van der Waals surface area contributed by atoms with Gasteiger partial charge in [0.25, 0.3) is 0 Å². The van der Waals surface area contributed by atoms with Crippen molar-refractivity contribution in [2.75, 3.05) is 18.4 Å². The SMILES string of the molecule is Cc1onc(NC(=O)N2CCC(=Cc3cccc(Cl)c3)C(C)C2)c1C. The molecule has 1 saturated heterocycles. The van der Waals surface area contributed by atoms with Crippen LogP contribution in [0.5, 0.6) is 0 Å². The zero-order chi connectivity index (χ0) is 18.0. The number of rotatable bonds is 2. The Morgan fingerprint density at radius 3 is 2.88 bits per heavy atom. The zero-order valence-electron chi connectivity index (χ0n) is 14.7.